The molecule has 0 radical (unpaired) electrons. The molecular formula is C30H39NO5. The molecular weight excluding hydrogens is 454 g/mol. The molecule has 0 aliphatic rings. The van der Waals surface area contributed by atoms with Gasteiger partial charge in [-0.05, 0) is 49.7 Å². The van der Waals surface area contributed by atoms with Crippen molar-refractivity contribution in [1.82, 2.24) is 5.32 Å². The molecule has 36 heavy (non-hydrogen) atoms. The van der Waals surface area contributed by atoms with E-state index in [-0.39, 0.29) is 36.2 Å². The van der Waals surface area contributed by atoms with E-state index in [0.29, 0.717) is 25.7 Å². The van der Waals surface area contributed by atoms with Crippen LogP contribution in [0.1, 0.15) is 57.6 Å². The second-order valence-electron chi connectivity index (χ2n) is 9.98. The van der Waals surface area contributed by atoms with Gasteiger partial charge in [0.25, 0.3) is 0 Å². The summed E-state index contributed by atoms with van der Waals surface area (Å²) in [5, 5.41) is 12.1. The van der Waals surface area contributed by atoms with Crippen LogP contribution >= 0.6 is 0 Å². The molecule has 0 aliphatic heterocycles. The van der Waals surface area contributed by atoms with Gasteiger partial charge in [-0.3, -0.25) is 19.2 Å². The second-order valence-corrected chi connectivity index (χ2v) is 9.98. The highest BCUT2D eigenvalue weighted by Gasteiger charge is 2.30. The zero-order valence-corrected chi connectivity index (χ0v) is 21.6. The molecule has 1 amide bonds. The van der Waals surface area contributed by atoms with Gasteiger partial charge in [0.2, 0.25) is 5.91 Å². The predicted molar refractivity (Wildman–Crippen MR) is 140 cm³/mol. The van der Waals surface area contributed by atoms with E-state index >= 15 is 0 Å². The summed E-state index contributed by atoms with van der Waals surface area (Å²) in [6.45, 7) is 4.82. The number of carbonyl (C=O) groups is 4. The summed E-state index contributed by atoms with van der Waals surface area (Å²) in [5.41, 5.74) is 2.03. The van der Waals surface area contributed by atoms with Crippen molar-refractivity contribution in [3.05, 3.63) is 71.8 Å². The molecule has 0 fully saturated rings. The Morgan fingerprint density at radius 2 is 1.42 bits per heavy atom. The average molecular weight is 494 g/mol. The maximum Gasteiger partial charge on any atom is 0.224 e. The monoisotopic (exact) mass is 493 g/mol. The molecule has 3 atom stereocenters. The van der Waals surface area contributed by atoms with Crippen LogP contribution in [0.25, 0.3) is 0 Å². The third-order valence-electron chi connectivity index (χ3n) is 6.41. The summed E-state index contributed by atoms with van der Waals surface area (Å²) in [4.78, 5) is 50.9. The fourth-order valence-electron chi connectivity index (χ4n) is 4.33. The normalized spacial score (nSPS) is 13.6. The Kier molecular flexibility index (Phi) is 12.2. The van der Waals surface area contributed by atoms with Gasteiger partial charge in [0, 0.05) is 24.7 Å². The molecule has 2 aromatic rings. The fourth-order valence-corrected chi connectivity index (χ4v) is 4.33. The highest BCUT2D eigenvalue weighted by atomic mass is 16.3. The van der Waals surface area contributed by atoms with Crippen molar-refractivity contribution < 1.29 is 24.3 Å². The minimum atomic E-state index is -0.737. The van der Waals surface area contributed by atoms with Crippen LogP contribution < -0.4 is 5.32 Å². The van der Waals surface area contributed by atoms with Crippen LogP contribution in [-0.2, 0) is 32.0 Å². The molecule has 0 bridgehead atoms. The lowest BCUT2D eigenvalue weighted by Gasteiger charge is -2.24. The highest BCUT2D eigenvalue weighted by Crippen LogP contribution is 2.19. The van der Waals surface area contributed by atoms with Crippen LogP contribution in [0.3, 0.4) is 0 Å². The molecule has 2 rings (SSSR count). The van der Waals surface area contributed by atoms with Gasteiger partial charge >= 0.3 is 0 Å². The largest absolute Gasteiger partial charge is 0.389 e. The zero-order valence-electron chi connectivity index (χ0n) is 21.6. The number of carbonyl (C=O) groups excluding carboxylic acids is 4. The van der Waals surface area contributed by atoms with Gasteiger partial charge in [-0.15, -0.1) is 0 Å². The first kappa shape index (κ1) is 29.1. The summed E-state index contributed by atoms with van der Waals surface area (Å²) < 4.78 is 0. The van der Waals surface area contributed by atoms with Gasteiger partial charge in [-0.2, -0.15) is 0 Å². The van der Waals surface area contributed by atoms with E-state index in [4.69, 9.17) is 0 Å². The standard InChI is InChI=1S/C30H39NO5/c1-21(2)16-28(29(35)19-26(22(3)33)17-24-12-8-5-9-13-24)31-30(36)25(18-27(34)20-32)15-14-23-10-6-4-7-11-23/h4-13,21,25-26,28,32H,14-20H2,1-3H3,(H,31,36)/t25-,26-,28+/m1/s1. The van der Waals surface area contributed by atoms with E-state index in [9.17, 15) is 24.3 Å². The number of aryl methyl sites for hydroxylation is 1. The Morgan fingerprint density at radius 1 is 0.833 bits per heavy atom. The molecule has 6 nitrogen and oxygen atoms in total. The first-order valence-corrected chi connectivity index (χ1v) is 12.7. The van der Waals surface area contributed by atoms with Gasteiger partial charge in [-0.25, -0.2) is 0 Å². The SMILES string of the molecule is CC(=O)[C@@H](CC(=O)[C@H](CC(C)C)NC(=O)[C@H](CCc1ccccc1)CC(=O)CO)Cc1ccccc1. The first-order valence-electron chi connectivity index (χ1n) is 12.7. The number of ketones is 3. The van der Waals surface area contributed by atoms with Crippen molar-refractivity contribution in [2.24, 2.45) is 17.8 Å². The van der Waals surface area contributed by atoms with Crippen molar-refractivity contribution in [2.45, 2.75) is 65.3 Å². The minimum absolute atomic E-state index is 0.0478. The lowest BCUT2D eigenvalue weighted by Crippen LogP contribution is -2.45. The Balaban J connectivity index is 2.13. The van der Waals surface area contributed by atoms with E-state index in [1.54, 1.807) is 0 Å². The van der Waals surface area contributed by atoms with Crippen molar-refractivity contribution >= 4 is 23.3 Å². The Labute approximate surface area is 214 Å². The molecule has 0 unspecified atom stereocenters. The molecule has 0 aromatic heterocycles. The van der Waals surface area contributed by atoms with Gasteiger partial charge in [0.05, 0.1) is 6.04 Å². The van der Waals surface area contributed by atoms with E-state index < -0.39 is 30.3 Å². The topological polar surface area (TPSA) is 101 Å². The smallest absolute Gasteiger partial charge is 0.224 e. The van der Waals surface area contributed by atoms with Gasteiger partial charge in [0.1, 0.15) is 12.4 Å². The lowest BCUT2D eigenvalue weighted by atomic mass is 9.87. The molecule has 2 aromatic carbocycles. The van der Waals surface area contributed by atoms with Gasteiger partial charge in [-0.1, -0.05) is 74.5 Å². The first-order chi connectivity index (χ1) is 17.2. The van der Waals surface area contributed by atoms with Gasteiger partial charge in [0.15, 0.2) is 11.6 Å². The predicted octanol–water partition coefficient (Wildman–Crippen LogP) is 4.12. The summed E-state index contributed by atoms with van der Waals surface area (Å²) in [6.07, 6.45) is 1.90. The minimum Gasteiger partial charge on any atom is -0.389 e. The number of hydrogen-bond acceptors (Lipinski definition) is 5. The van der Waals surface area contributed by atoms with Crippen LogP contribution in [-0.4, -0.2) is 41.0 Å². The van der Waals surface area contributed by atoms with Crippen molar-refractivity contribution in [1.29, 1.82) is 0 Å². The van der Waals surface area contributed by atoms with Crippen molar-refractivity contribution in [2.75, 3.05) is 6.61 Å². The maximum atomic E-state index is 13.3. The summed E-state index contributed by atoms with van der Waals surface area (Å²) in [5.74, 6) is -1.98. The third kappa shape index (κ3) is 10.2. The number of hydrogen-bond donors (Lipinski definition) is 2. The van der Waals surface area contributed by atoms with E-state index in [2.05, 4.69) is 5.32 Å². The van der Waals surface area contributed by atoms with Crippen LogP contribution in [0.5, 0.6) is 0 Å². The van der Waals surface area contributed by atoms with Crippen LogP contribution in [0, 0.1) is 17.8 Å². The number of aliphatic hydroxyl groups is 1. The van der Waals surface area contributed by atoms with Gasteiger partial charge < -0.3 is 10.4 Å². The number of amides is 1. The molecule has 194 valence electrons. The maximum absolute atomic E-state index is 13.3. The average Bonchev–Trinajstić information content (AvgIpc) is 2.86. The Morgan fingerprint density at radius 3 is 1.94 bits per heavy atom. The van der Waals surface area contributed by atoms with E-state index in [1.165, 1.54) is 6.92 Å². The number of Topliss-reactive ketones (excluding diaryl/α,β-unsaturated/α-hetero) is 3. The van der Waals surface area contributed by atoms with Crippen LogP contribution in [0.2, 0.25) is 0 Å². The number of aliphatic hydroxyl groups excluding tert-OH is 1. The van der Waals surface area contributed by atoms with E-state index in [0.717, 1.165) is 11.1 Å². The zero-order chi connectivity index (χ0) is 26.5. The summed E-state index contributed by atoms with van der Waals surface area (Å²) in [7, 11) is 0. The lowest BCUT2D eigenvalue weighted by molar-refractivity contribution is -0.134. The second kappa shape index (κ2) is 15.1. The molecule has 0 aliphatic carbocycles. The Bertz CT molecular complexity index is 987. The van der Waals surface area contributed by atoms with Crippen LogP contribution in [0.15, 0.2) is 60.7 Å². The summed E-state index contributed by atoms with van der Waals surface area (Å²) >= 11 is 0. The molecule has 6 heteroatoms. The summed E-state index contributed by atoms with van der Waals surface area (Å²) in [6, 6.07) is 18.5. The molecule has 2 N–H and O–H groups in total. The number of nitrogens with one attached hydrogen (secondary N) is 1. The van der Waals surface area contributed by atoms with Crippen LogP contribution in [0.4, 0.5) is 0 Å². The quantitative estimate of drug-likeness (QED) is 0.366. The van der Waals surface area contributed by atoms with Crippen molar-refractivity contribution in [3.8, 4) is 0 Å². The highest BCUT2D eigenvalue weighted by molar-refractivity contribution is 5.94. The fraction of sp³-hybridized carbons (Fsp3) is 0.467. The number of rotatable bonds is 16. The van der Waals surface area contributed by atoms with E-state index in [1.807, 2.05) is 74.5 Å². The number of benzene rings is 2. The molecule has 0 saturated heterocycles. The Hall–Kier alpha value is -3.12. The molecule has 0 saturated carbocycles. The third-order valence-corrected chi connectivity index (χ3v) is 6.41. The molecule has 0 heterocycles. The molecule has 0 spiro atoms. The van der Waals surface area contributed by atoms with Crippen molar-refractivity contribution in [3.63, 3.8) is 0 Å².